The van der Waals surface area contributed by atoms with Gasteiger partial charge in [-0.15, -0.1) is 0 Å². The number of rotatable bonds is 11. The van der Waals surface area contributed by atoms with E-state index >= 15 is 0 Å². The summed E-state index contributed by atoms with van der Waals surface area (Å²) in [6, 6.07) is 14.6. The second kappa shape index (κ2) is 11.6. The molecule has 2 aromatic rings. The van der Waals surface area contributed by atoms with Crippen LogP contribution in [0.25, 0.3) is 0 Å². The molecule has 9 heteroatoms. The predicted molar refractivity (Wildman–Crippen MR) is 128 cm³/mol. The Morgan fingerprint density at radius 1 is 1.00 bits per heavy atom. The predicted octanol–water partition coefficient (Wildman–Crippen LogP) is 2.60. The van der Waals surface area contributed by atoms with Crippen LogP contribution < -0.4 is 9.62 Å². The highest BCUT2D eigenvalue weighted by molar-refractivity contribution is 7.92. The first kappa shape index (κ1) is 26.1. The summed E-state index contributed by atoms with van der Waals surface area (Å²) in [7, 11) is -3.85. The van der Waals surface area contributed by atoms with Crippen LogP contribution in [0.15, 0.2) is 54.6 Å². The standard InChI is InChI=1S/C24H31N3O5S/c1-5-22(24(30)25-6-2)26(16-19-11-8-7-9-12-19)23(29)17-27(33(4,31)32)21-14-10-13-20(15-21)18(3)28/h7-15,22H,5-6,16-17H2,1-4H3,(H,25,30)/t22-/m0/s1. The van der Waals surface area contributed by atoms with Crippen molar-refractivity contribution in [3.63, 3.8) is 0 Å². The number of amides is 2. The molecule has 178 valence electrons. The molecule has 1 atom stereocenters. The summed E-state index contributed by atoms with van der Waals surface area (Å²) in [5, 5.41) is 2.75. The van der Waals surface area contributed by atoms with E-state index in [4.69, 9.17) is 0 Å². The molecule has 0 bridgehead atoms. The number of Topliss-reactive ketones (excluding diaryl/α,β-unsaturated/α-hetero) is 1. The average molecular weight is 474 g/mol. The van der Waals surface area contributed by atoms with Crippen LogP contribution in [0.4, 0.5) is 5.69 Å². The molecule has 0 saturated carbocycles. The molecule has 0 aliphatic heterocycles. The summed E-state index contributed by atoms with van der Waals surface area (Å²) in [5.74, 6) is -1.03. The zero-order valence-corrected chi connectivity index (χ0v) is 20.3. The van der Waals surface area contributed by atoms with Crippen LogP contribution in [0, 0.1) is 0 Å². The summed E-state index contributed by atoms with van der Waals surface area (Å²) < 4.78 is 26.2. The van der Waals surface area contributed by atoms with E-state index in [1.54, 1.807) is 26.0 Å². The summed E-state index contributed by atoms with van der Waals surface area (Å²) in [5.41, 5.74) is 1.37. The van der Waals surface area contributed by atoms with Gasteiger partial charge in [-0.2, -0.15) is 0 Å². The monoisotopic (exact) mass is 473 g/mol. The van der Waals surface area contributed by atoms with Crippen LogP contribution in [-0.4, -0.2) is 56.3 Å². The van der Waals surface area contributed by atoms with Gasteiger partial charge in [0.15, 0.2) is 5.78 Å². The third-order valence-corrected chi connectivity index (χ3v) is 6.29. The Balaban J connectivity index is 2.44. The number of sulfonamides is 1. The SMILES string of the molecule is CCNC(=O)[C@H](CC)N(Cc1ccccc1)C(=O)CN(c1cccc(C(C)=O)c1)S(C)(=O)=O. The lowest BCUT2D eigenvalue weighted by molar-refractivity contribution is -0.140. The van der Waals surface area contributed by atoms with Crippen LogP contribution >= 0.6 is 0 Å². The van der Waals surface area contributed by atoms with E-state index in [2.05, 4.69) is 5.32 Å². The van der Waals surface area contributed by atoms with E-state index in [0.717, 1.165) is 16.1 Å². The Hall–Kier alpha value is -3.20. The molecule has 0 heterocycles. The number of nitrogens with zero attached hydrogens (tertiary/aromatic N) is 2. The molecule has 0 spiro atoms. The molecule has 0 saturated heterocycles. The summed E-state index contributed by atoms with van der Waals surface area (Å²) in [6.45, 7) is 5.05. The van der Waals surface area contributed by atoms with Crippen molar-refractivity contribution in [2.75, 3.05) is 23.7 Å². The smallest absolute Gasteiger partial charge is 0.244 e. The summed E-state index contributed by atoms with van der Waals surface area (Å²) in [6.07, 6.45) is 1.37. The van der Waals surface area contributed by atoms with Crippen molar-refractivity contribution in [1.82, 2.24) is 10.2 Å². The Morgan fingerprint density at radius 2 is 1.67 bits per heavy atom. The second-order valence-corrected chi connectivity index (χ2v) is 9.61. The Bertz CT molecular complexity index is 1090. The van der Waals surface area contributed by atoms with Crippen molar-refractivity contribution in [2.24, 2.45) is 0 Å². The van der Waals surface area contributed by atoms with Gasteiger partial charge in [0.25, 0.3) is 0 Å². The lowest BCUT2D eigenvalue weighted by Gasteiger charge is -2.32. The molecule has 2 amide bonds. The Labute approximate surface area is 195 Å². The van der Waals surface area contributed by atoms with E-state index < -0.39 is 28.5 Å². The van der Waals surface area contributed by atoms with Crippen molar-refractivity contribution < 1.29 is 22.8 Å². The fourth-order valence-electron chi connectivity index (χ4n) is 3.49. The molecule has 0 aliphatic carbocycles. The fraction of sp³-hybridized carbons (Fsp3) is 0.375. The van der Waals surface area contributed by atoms with Crippen molar-refractivity contribution >= 4 is 33.3 Å². The number of anilines is 1. The van der Waals surface area contributed by atoms with Crippen molar-refractivity contribution in [3.05, 3.63) is 65.7 Å². The molecule has 0 fully saturated rings. The van der Waals surface area contributed by atoms with Gasteiger partial charge < -0.3 is 10.2 Å². The highest BCUT2D eigenvalue weighted by Gasteiger charge is 2.31. The number of likely N-dealkylation sites (N-methyl/N-ethyl adjacent to an activating group) is 1. The molecule has 0 unspecified atom stereocenters. The summed E-state index contributed by atoms with van der Waals surface area (Å²) in [4.78, 5) is 39.4. The third kappa shape index (κ3) is 7.15. The normalized spacial score (nSPS) is 12.0. The van der Waals surface area contributed by atoms with E-state index in [1.165, 1.54) is 24.0 Å². The first-order chi connectivity index (χ1) is 15.6. The second-order valence-electron chi connectivity index (χ2n) is 7.70. The number of hydrogen-bond acceptors (Lipinski definition) is 5. The number of carbonyl (C=O) groups is 3. The Morgan fingerprint density at radius 3 is 2.21 bits per heavy atom. The molecule has 1 N–H and O–H groups in total. The minimum Gasteiger partial charge on any atom is -0.355 e. The Kier molecular flexibility index (Phi) is 9.16. The minimum absolute atomic E-state index is 0.153. The molecule has 8 nitrogen and oxygen atoms in total. The molecular formula is C24H31N3O5S. The van der Waals surface area contributed by atoms with Gasteiger partial charge in [-0.1, -0.05) is 49.4 Å². The van der Waals surface area contributed by atoms with E-state index in [-0.39, 0.29) is 23.9 Å². The average Bonchev–Trinajstić information content (AvgIpc) is 2.77. The van der Waals surface area contributed by atoms with Crippen LogP contribution in [-0.2, 0) is 26.2 Å². The maximum Gasteiger partial charge on any atom is 0.244 e. The minimum atomic E-state index is -3.85. The molecule has 33 heavy (non-hydrogen) atoms. The molecule has 2 aromatic carbocycles. The van der Waals surface area contributed by atoms with Crippen LogP contribution in [0.2, 0.25) is 0 Å². The molecule has 0 aliphatic rings. The topological polar surface area (TPSA) is 104 Å². The number of ketones is 1. The van der Waals surface area contributed by atoms with Crippen LogP contribution in [0.3, 0.4) is 0 Å². The molecule has 0 radical (unpaired) electrons. The van der Waals surface area contributed by atoms with Gasteiger partial charge in [0.2, 0.25) is 21.8 Å². The zero-order valence-electron chi connectivity index (χ0n) is 19.4. The van der Waals surface area contributed by atoms with Crippen LogP contribution in [0.1, 0.15) is 43.1 Å². The maximum absolute atomic E-state index is 13.5. The molecular weight excluding hydrogens is 442 g/mol. The highest BCUT2D eigenvalue weighted by Crippen LogP contribution is 2.21. The highest BCUT2D eigenvalue weighted by atomic mass is 32.2. The summed E-state index contributed by atoms with van der Waals surface area (Å²) >= 11 is 0. The van der Waals surface area contributed by atoms with E-state index in [0.29, 0.717) is 18.5 Å². The molecule has 0 aromatic heterocycles. The number of benzene rings is 2. The first-order valence-corrected chi connectivity index (χ1v) is 12.6. The number of nitrogens with one attached hydrogen (secondary N) is 1. The van der Waals surface area contributed by atoms with Gasteiger partial charge in [0, 0.05) is 18.7 Å². The zero-order chi connectivity index (χ0) is 24.6. The number of hydrogen-bond donors (Lipinski definition) is 1. The van der Waals surface area contributed by atoms with Crippen LogP contribution in [0.5, 0.6) is 0 Å². The largest absolute Gasteiger partial charge is 0.355 e. The van der Waals surface area contributed by atoms with Gasteiger partial charge in [0.05, 0.1) is 11.9 Å². The van der Waals surface area contributed by atoms with Gasteiger partial charge >= 0.3 is 0 Å². The number of carbonyl (C=O) groups excluding carboxylic acids is 3. The van der Waals surface area contributed by atoms with Gasteiger partial charge in [0.1, 0.15) is 12.6 Å². The third-order valence-electron chi connectivity index (χ3n) is 5.15. The first-order valence-electron chi connectivity index (χ1n) is 10.8. The van der Waals surface area contributed by atoms with Crippen molar-refractivity contribution in [2.45, 2.75) is 39.8 Å². The molecule has 2 rings (SSSR count). The van der Waals surface area contributed by atoms with E-state index in [1.807, 2.05) is 30.3 Å². The van der Waals surface area contributed by atoms with Crippen molar-refractivity contribution in [1.29, 1.82) is 0 Å². The fourth-order valence-corrected chi connectivity index (χ4v) is 4.33. The van der Waals surface area contributed by atoms with Crippen molar-refractivity contribution in [3.8, 4) is 0 Å². The maximum atomic E-state index is 13.5. The van der Waals surface area contributed by atoms with E-state index in [9.17, 15) is 22.8 Å². The quantitative estimate of drug-likeness (QED) is 0.505. The lowest BCUT2D eigenvalue weighted by Crippen LogP contribution is -2.52. The van der Waals surface area contributed by atoms with Gasteiger partial charge in [-0.05, 0) is 38.0 Å². The van der Waals surface area contributed by atoms with Gasteiger partial charge in [-0.3, -0.25) is 18.7 Å². The lowest BCUT2D eigenvalue weighted by atomic mass is 10.1. The van der Waals surface area contributed by atoms with Gasteiger partial charge in [-0.25, -0.2) is 8.42 Å².